The molecule has 0 radical (unpaired) electrons. The summed E-state index contributed by atoms with van der Waals surface area (Å²) >= 11 is 0. The average Bonchev–Trinajstić information content (AvgIpc) is 2.94. The van der Waals surface area contributed by atoms with Gasteiger partial charge in [-0.2, -0.15) is 0 Å². The van der Waals surface area contributed by atoms with E-state index >= 15 is 0 Å². The van der Waals surface area contributed by atoms with Gasteiger partial charge in [0.05, 0.1) is 23.5 Å². The van der Waals surface area contributed by atoms with Gasteiger partial charge in [0.1, 0.15) is 17.3 Å². The Balaban J connectivity index is 1.86. The SMILES string of the molecule is CC1CN(C2=C(c3ccccc3)C(=O)N(c3cc(F)ccc3F)C2=O)CC(C)O1. The largest absolute Gasteiger partial charge is 0.372 e. The smallest absolute Gasteiger partial charge is 0.282 e. The number of benzene rings is 2. The predicted molar refractivity (Wildman–Crippen MR) is 104 cm³/mol. The van der Waals surface area contributed by atoms with Crippen LogP contribution in [0.2, 0.25) is 0 Å². The van der Waals surface area contributed by atoms with Gasteiger partial charge >= 0.3 is 0 Å². The van der Waals surface area contributed by atoms with E-state index in [4.69, 9.17) is 4.74 Å². The number of ether oxygens (including phenoxy) is 1. The highest BCUT2D eigenvalue weighted by Crippen LogP contribution is 2.36. The number of nitrogens with zero attached hydrogens (tertiary/aromatic N) is 2. The Morgan fingerprint density at radius 1 is 0.931 bits per heavy atom. The number of imide groups is 1. The molecule has 1 saturated heterocycles. The molecule has 7 heteroatoms. The first-order chi connectivity index (χ1) is 13.9. The number of hydrogen-bond donors (Lipinski definition) is 0. The number of morpholine rings is 1. The average molecular weight is 398 g/mol. The molecule has 0 saturated carbocycles. The van der Waals surface area contributed by atoms with Gasteiger partial charge in [-0.05, 0) is 31.5 Å². The Labute approximate surface area is 167 Å². The Morgan fingerprint density at radius 3 is 2.24 bits per heavy atom. The number of rotatable bonds is 3. The zero-order valence-corrected chi connectivity index (χ0v) is 16.1. The van der Waals surface area contributed by atoms with Crippen LogP contribution in [-0.4, -0.2) is 42.0 Å². The molecule has 2 aromatic carbocycles. The topological polar surface area (TPSA) is 49.9 Å². The maximum absolute atomic E-state index is 14.4. The number of carbonyl (C=O) groups excluding carboxylic acids is 2. The lowest BCUT2D eigenvalue weighted by atomic mass is 10.0. The fraction of sp³-hybridized carbons (Fsp3) is 0.273. The molecule has 0 aromatic heterocycles. The summed E-state index contributed by atoms with van der Waals surface area (Å²) in [6.45, 7) is 4.59. The second-order valence-corrected chi connectivity index (χ2v) is 7.29. The Bertz CT molecular complexity index is 996. The normalized spacial score (nSPS) is 22.6. The summed E-state index contributed by atoms with van der Waals surface area (Å²) in [5.41, 5.74) is 0.525. The lowest BCUT2D eigenvalue weighted by Crippen LogP contribution is -2.47. The zero-order chi connectivity index (χ0) is 20.7. The molecule has 4 rings (SSSR count). The standard InChI is InChI=1S/C22H20F2N2O3/c1-13-11-25(12-14(2)29-13)20-19(15-6-4-3-5-7-15)21(27)26(22(20)28)18-10-16(23)8-9-17(18)24/h3-10,13-14H,11-12H2,1-2H3. The molecule has 150 valence electrons. The molecule has 2 aliphatic heterocycles. The van der Waals surface area contributed by atoms with E-state index in [0.29, 0.717) is 18.7 Å². The first kappa shape index (κ1) is 19.3. The van der Waals surface area contributed by atoms with Crippen LogP contribution < -0.4 is 4.90 Å². The van der Waals surface area contributed by atoms with Crippen molar-refractivity contribution in [2.75, 3.05) is 18.0 Å². The Kier molecular flexibility index (Phi) is 4.92. The van der Waals surface area contributed by atoms with E-state index in [1.54, 1.807) is 35.2 Å². The maximum atomic E-state index is 14.4. The highest BCUT2D eigenvalue weighted by atomic mass is 19.1. The van der Waals surface area contributed by atoms with Crippen molar-refractivity contribution in [1.82, 2.24) is 4.90 Å². The summed E-state index contributed by atoms with van der Waals surface area (Å²) in [6.07, 6.45) is -0.294. The predicted octanol–water partition coefficient (Wildman–Crippen LogP) is 3.36. The van der Waals surface area contributed by atoms with Crippen molar-refractivity contribution >= 4 is 23.1 Å². The van der Waals surface area contributed by atoms with Crippen LogP contribution in [0.15, 0.2) is 54.2 Å². The summed E-state index contributed by atoms with van der Waals surface area (Å²) in [4.78, 5) is 29.2. The van der Waals surface area contributed by atoms with E-state index < -0.39 is 29.1 Å². The van der Waals surface area contributed by atoms with E-state index in [2.05, 4.69) is 0 Å². The molecule has 2 atom stereocenters. The summed E-state index contributed by atoms with van der Waals surface area (Å²) < 4.78 is 33.9. The summed E-state index contributed by atoms with van der Waals surface area (Å²) in [6, 6.07) is 11.5. The van der Waals surface area contributed by atoms with Gasteiger partial charge in [-0.1, -0.05) is 30.3 Å². The van der Waals surface area contributed by atoms with Crippen molar-refractivity contribution in [2.24, 2.45) is 0 Å². The van der Waals surface area contributed by atoms with Crippen LogP contribution in [0.25, 0.3) is 5.57 Å². The van der Waals surface area contributed by atoms with Gasteiger partial charge in [0.15, 0.2) is 0 Å². The van der Waals surface area contributed by atoms with Gasteiger partial charge in [0, 0.05) is 19.2 Å². The molecule has 0 bridgehead atoms. The molecule has 2 aliphatic rings. The van der Waals surface area contributed by atoms with Crippen LogP contribution in [0.4, 0.5) is 14.5 Å². The van der Waals surface area contributed by atoms with Gasteiger partial charge in [-0.15, -0.1) is 0 Å². The van der Waals surface area contributed by atoms with Gasteiger partial charge in [0.2, 0.25) is 0 Å². The van der Waals surface area contributed by atoms with Gasteiger partial charge < -0.3 is 9.64 Å². The zero-order valence-electron chi connectivity index (χ0n) is 16.1. The molecule has 5 nitrogen and oxygen atoms in total. The fourth-order valence-corrected chi connectivity index (χ4v) is 3.91. The van der Waals surface area contributed by atoms with Crippen molar-refractivity contribution in [2.45, 2.75) is 26.1 Å². The van der Waals surface area contributed by atoms with Crippen molar-refractivity contribution in [1.29, 1.82) is 0 Å². The van der Waals surface area contributed by atoms with Crippen molar-refractivity contribution < 1.29 is 23.1 Å². The monoisotopic (exact) mass is 398 g/mol. The maximum Gasteiger partial charge on any atom is 0.282 e. The lowest BCUT2D eigenvalue weighted by Gasteiger charge is -2.37. The molecule has 2 aromatic rings. The summed E-state index contributed by atoms with van der Waals surface area (Å²) in [7, 11) is 0. The van der Waals surface area contributed by atoms with Crippen LogP contribution in [-0.2, 0) is 14.3 Å². The fourth-order valence-electron chi connectivity index (χ4n) is 3.91. The number of carbonyl (C=O) groups is 2. The van der Waals surface area contributed by atoms with Crippen LogP contribution in [0, 0.1) is 11.6 Å². The second kappa shape index (κ2) is 7.40. The molecule has 0 aliphatic carbocycles. The third-order valence-electron chi connectivity index (χ3n) is 5.01. The Morgan fingerprint density at radius 2 is 1.59 bits per heavy atom. The van der Waals surface area contributed by atoms with E-state index in [1.807, 2.05) is 13.8 Å². The van der Waals surface area contributed by atoms with Gasteiger partial charge in [-0.3, -0.25) is 9.59 Å². The van der Waals surface area contributed by atoms with E-state index in [0.717, 1.165) is 23.1 Å². The minimum Gasteiger partial charge on any atom is -0.372 e. The number of hydrogen-bond acceptors (Lipinski definition) is 4. The number of halogens is 2. The van der Waals surface area contributed by atoms with Crippen molar-refractivity contribution in [3.8, 4) is 0 Å². The van der Waals surface area contributed by atoms with Crippen LogP contribution in [0.1, 0.15) is 19.4 Å². The highest BCUT2D eigenvalue weighted by molar-refractivity contribution is 6.45. The molecule has 1 fully saturated rings. The van der Waals surface area contributed by atoms with Crippen LogP contribution in [0.3, 0.4) is 0 Å². The minimum absolute atomic E-state index is 0.147. The first-order valence-corrected chi connectivity index (χ1v) is 9.40. The van der Waals surface area contributed by atoms with Crippen molar-refractivity contribution in [3.05, 3.63) is 71.4 Å². The number of anilines is 1. The highest BCUT2D eigenvalue weighted by Gasteiger charge is 2.44. The second-order valence-electron chi connectivity index (χ2n) is 7.29. The van der Waals surface area contributed by atoms with Crippen LogP contribution in [0.5, 0.6) is 0 Å². The summed E-state index contributed by atoms with van der Waals surface area (Å²) in [5, 5.41) is 0. The number of amides is 2. The first-order valence-electron chi connectivity index (χ1n) is 9.40. The molecule has 2 heterocycles. The molecule has 29 heavy (non-hydrogen) atoms. The van der Waals surface area contributed by atoms with Crippen LogP contribution >= 0.6 is 0 Å². The van der Waals surface area contributed by atoms with E-state index in [-0.39, 0.29) is 23.5 Å². The van der Waals surface area contributed by atoms with Gasteiger partial charge in [0.25, 0.3) is 11.8 Å². The minimum atomic E-state index is -0.842. The third kappa shape index (κ3) is 3.42. The van der Waals surface area contributed by atoms with Gasteiger partial charge in [-0.25, -0.2) is 13.7 Å². The third-order valence-corrected chi connectivity index (χ3v) is 5.01. The summed E-state index contributed by atoms with van der Waals surface area (Å²) in [5.74, 6) is -2.91. The Hall–Kier alpha value is -3.06. The molecule has 0 spiro atoms. The van der Waals surface area contributed by atoms with E-state index in [1.165, 1.54) is 0 Å². The lowest BCUT2D eigenvalue weighted by molar-refractivity contribution is -0.121. The molecule has 2 unspecified atom stereocenters. The molecule has 2 amide bonds. The van der Waals surface area contributed by atoms with E-state index in [9.17, 15) is 18.4 Å². The molecule has 0 N–H and O–H groups in total. The molecular weight excluding hydrogens is 378 g/mol. The van der Waals surface area contributed by atoms with Crippen molar-refractivity contribution in [3.63, 3.8) is 0 Å². The quantitative estimate of drug-likeness (QED) is 0.744. The molecular formula is C22H20F2N2O3.